The second kappa shape index (κ2) is 5.92. The highest BCUT2D eigenvalue weighted by atomic mass is 35.5. The van der Waals surface area contributed by atoms with Crippen LogP contribution in [0.25, 0.3) is 0 Å². The lowest BCUT2D eigenvalue weighted by atomic mass is 10.0. The SMILES string of the molecule is NC(CSc1cccc(Cl)c1)C1CCOC1. The molecule has 88 valence electrons. The van der Waals surface area contributed by atoms with Gasteiger partial charge in [0.15, 0.2) is 0 Å². The molecule has 16 heavy (non-hydrogen) atoms. The third kappa shape index (κ3) is 3.39. The van der Waals surface area contributed by atoms with Gasteiger partial charge in [-0.15, -0.1) is 11.8 Å². The highest BCUT2D eigenvalue weighted by Crippen LogP contribution is 2.25. The van der Waals surface area contributed by atoms with Crippen LogP contribution in [0.15, 0.2) is 29.2 Å². The van der Waals surface area contributed by atoms with Crippen molar-refractivity contribution in [3.05, 3.63) is 29.3 Å². The summed E-state index contributed by atoms with van der Waals surface area (Å²) < 4.78 is 5.34. The fourth-order valence-electron chi connectivity index (χ4n) is 1.78. The first-order valence-electron chi connectivity index (χ1n) is 5.47. The summed E-state index contributed by atoms with van der Waals surface area (Å²) in [4.78, 5) is 1.18. The number of benzene rings is 1. The van der Waals surface area contributed by atoms with Crippen LogP contribution in [0, 0.1) is 5.92 Å². The van der Waals surface area contributed by atoms with Crippen LogP contribution in [-0.4, -0.2) is 25.0 Å². The van der Waals surface area contributed by atoms with E-state index in [0.717, 1.165) is 30.4 Å². The third-order valence-corrected chi connectivity index (χ3v) is 4.18. The molecule has 1 aliphatic heterocycles. The van der Waals surface area contributed by atoms with Gasteiger partial charge >= 0.3 is 0 Å². The van der Waals surface area contributed by atoms with Gasteiger partial charge in [0.1, 0.15) is 0 Å². The van der Waals surface area contributed by atoms with Crippen molar-refractivity contribution in [3.63, 3.8) is 0 Å². The summed E-state index contributed by atoms with van der Waals surface area (Å²) in [5, 5.41) is 0.780. The van der Waals surface area contributed by atoms with Gasteiger partial charge in [-0.2, -0.15) is 0 Å². The molecule has 2 N–H and O–H groups in total. The number of hydrogen-bond donors (Lipinski definition) is 1. The van der Waals surface area contributed by atoms with Gasteiger partial charge in [-0.3, -0.25) is 0 Å². The Morgan fingerprint density at radius 1 is 1.56 bits per heavy atom. The van der Waals surface area contributed by atoms with Gasteiger partial charge in [0, 0.05) is 34.2 Å². The third-order valence-electron chi connectivity index (χ3n) is 2.81. The van der Waals surface area contributed by atoms with E-state index in [1.54, 1.807) is 11.8 Å². The highest BCUT2D eigenvalue weighted by molar-refractivity contribution is 7.99. The topological polar surface area (TPSA) is 35.2 Å². The zero-order valence-corrected chi connectivity index (χ0v) is 10.6. The Morgan fingerprint density at radius 2 is 2.44 bits per heavy atom. The molecule has 2 nitrogen and oxygen atoms in total. The first kappa shape index (κ1) is 12.2. The van der Waals surface area contributed by atoms with E-state index < -0.39 is 0 Å². The molecule has 2 rings (SSSR count). The first-order valence-corrected chi connectivity index (χ1v) is 6.84. The zero-order chi connectivity index (χ0) is 11.4. The minimum absolute atomic E-state index is 0.214. The molecule has 0 bridgehead atoms. The predicted octanol–water partition coefficient (Wildman–Crippen LogP) is 2.80. The minimum atomic E-state index is 0.214. The van der Waals surface area contributed by atoms with Gasteiger partial charge in [-0.25, -0.2) is 0 Å². The van der Waals surface area contributed by atoms with Gasteiger partial charge in [-0.05, 0) is 24.6 Å². The Labute approximate surface area is 105 Å². The summed E-state index contributed by atoms with van der Waals surface area (Å²) in [6, 6.07) is 8.11. The summed E-state index contributed by atoms with van der Waals surface area (Å²) in [6.07, 6.45) is 1.09. The molecule has 2 unspecified atom stereocenters. The molecule has 1 fully saturated rings. The Bertz CT molecular complexity index is 342. The smallest absolute Gasteiger partial charge is 0.0510 e. The molecule has 2 atom stereocenters. The van der Waals surface area contributed by atoms with Crippen LogP contribution >= 0.6 is 23.4 Å². The average Bonchev–Trinajstić information content (AvgIpc) is 2.79. The van der Waals surface area contributed by atoms with Crippen LogP contribution in [0.5, 0.6) is 0 Å². The molecular weight excluding hydrogens is 242 g/mol. The van der Waals surface area contributed by atoms with E-state index in [-0.39, 0.29) is 6.04 Å². The zero-order valence-electron chi connectivity index (χ0n) is 9.06. The van der Waals surface area contributed by atoms with Crippen molar-refractivity contribution in [3.8, 4) is 0 Å². The second-order valence-electron chi connectivity index (χ2n) is 4.06. The molecule has 1 aromatic rings. The van der Waals surface area contributed by atoms with Crippen molar-refractivity contribution in [2.24, 2.45) is 11.7 Å². The second-order valence-corrected chi connectivity index (χ2v) is 5.59. The van der Waals surface area contributed by atoms with Gasteiger partial charge < -0.3 is 10.5 Å². The lowest BCUT2D eigenvalue weighted by Crippen LogP contribution is -2.32. The molecule has 1 aromatic carbocycles. The molecule has 0 amide bonds. The van der Waals surface area contributed by atoms with E-state index in [9.17, 15) is 0 Å². The van der Waals surface area contributed by atoms with Crippen molar-refractivity contribution >= 4 is 23.4 Å². The van der Waals surface area contributed by atoms with E-state index in [4.69, 9.17) is 22.1 Å². The number of hydrogen-bond acceptors (Lipinski definition) is 3. The van der Waals surface area contributed by atoms with Crippen LogP contribution in [0.3, 0.4) is 0 Å². The molecule has 1 heterocycles. The maximum Gasteiger partial charge on any atom is 0.0510 e. The van der Waals surface area contributed by atoms with Crippen LogP contribution in [0.1, 0.15) is 6.42 Å². The molecule has 0 radical (unpaired) electrons. The lowest BCUT2D eigenvalue weighted by molar-refractivity contribution is 0.182. The Morgan fingerprint density at radius 3 is 3.12 bits per heavy atom. The fourth-order valence-corrected chi connectivity index (χ4v) is 3.07. The van der Waals surface area contributed by atoms with Crippen molar-refractivity contribution in [1.82, 2.24) is 0 Å². The monoisotopic (exact) mass is 257 g/mol. The van der Waals surface area contributed by atoms with Crippen molar-refractivity contribution < 1.29 is 4.74 Å². The summed E-state index contributed by atoms with van der Waals surface area (Å²) in [5.41, 5.74) is 6.13. The predicted molar refractivity (Wildman–Crippen MR) is 69.1 cm³/mol. The first-order chi connectivity index (χ1) is 7.75. The van der Waals surface area contributed by atoms with Crippen LogP contribution in [0.2, 0.25) is 5.02 Å². The van der Waals surface area contributed by atoms with E-state index in [0.29, 0.717) is 5.92 Å². The van der Waals surface area contributed by atoms with Gasteiger partial charge in [0.25, 0.3) is 0 Å². The highest BCUT2D eigenvalue weighted by Gasteiger charge is 2.22. The van der Waals surface area contributed by atoms with Gasteiger partial charge in [0.2, 0.25) is 0 Å². The van der Waals surface area contributed by atoms with Crippen molar-refractivity contribution in [2.45, 2.75) is 17.4 Å². The normalized spacial score (nSPS) is 22.2. The summed E-state index contributed by atoms with van der Waals surface area (Å²) in [6.45, 7) is 1.68. The van der Waals surface area contributed by atoms with Crippen LogP contribution in [-0.2, 0) is 4.74 Å². The van der Waals surface area contributed by atoms with Crippen LogP contribution in [0.4, 0.5) is 0 Å². The standard InChI is InChI=1S/C12H16ClNOS/c13-10-2-1-3-11(6-10)16-8-12(14)9-4-5-15-7-9/h1-3,6,9,12H,4-5,7-8,14H2. The van der Waals surface area contributed by atoms with E-state index in [2.05, 4.69) is 6.07 Å². The van der Waals surface area contributed by atoms with E-state index >= 15 is 0 Å². The number of thioether (sulfide) groups is 1. The largest absolute Gasteiger partial charge is 0.381 e. The fraction of sp³-hybridized carbons (Fsp3) is 0.500. The maximum atomic E-state index is 6.13. The average molecular weight is 258 g/mol. The Hall–Kier alpha value is -0.220. The molecule has 0 spiro atoms. The summed E-state index contributed by atoms with van der Waals surface area (Å²) in [5.74, 6) is 1.45. The summed E-state index contributed by atoms with van der Waals surface area (Å²) >= 11 is 7.69. The maximum absolute atomic E-state index is 6.13. The number of nitrogens with two attached hydrogens (primary N) is 1. The number of halogens is 1. The molecular formula is C12H16ClNOS. The Balaban J connectivity index is 1.82. The molecule has 4 heteroatoms. The Kier molecular flexibility index (Phi) is 4.53. The van der Waals surface area contributed by atoms with Gasteiger partial charge in [0.05, 0.1) is 6.61 Å². The quantitative estimate of drug-likeness (QED) is 0.843. The molecule has 1 aliphatic rings. The van der Waals surface area contributed by atoms with E-state index in [1.165, 1.54) is 4.90 Å². The number of rotatable bonds is 4. The lowest BCUT2D eigenvalue weighted by Gasteiger charge is -2.16. The van der Waals surface area contributed by atoms with Crippen molar-refractivity contribution in [1.29, 1.82) is 0 Å². The molecule has 1 saturated heterocycles. The summed E-state index contributed by atoms with van der Waals surface area (Å²) in [7, 11) is 0. The molecule has 0 saturated carbocycles. The minimum Gasteiger partial charge on any atom is -0.381 e. The number of ether oxygens (including phenoxy) is 1. The van der Waals surface area contributed by atoms with Crippen molar-refractivity contribution in [2.75, 3.05) is 19.0 Å². The van der Waals surface area contributed by atoms with Gasteiger partial charge in [-0.1, -0.05) is 17.7 Å². The molecule has 0 aromatic heterocycles. The molecule has 0 aliphatic carbocycles. The van der Waals surface area contributed by atoms with Crippen LogP contribution < -0.4 is 5.73 Å². The van der Waals surface area contributed by atoms with E-state index in [1.807, 2.05) is 18.2 Å².